The Morgan fingerprint density at radius 2 is 0.914 bits per heavy atom. The lowest BCUT2D eigenvalue weighted by molar-refractivity contribution is 0.660. The van der Waals surface area contributed by atoms with Crippen molar-refractivity contribution in [2.24, 2.45) is 0 Å². The quantitative estimate of drug-likeness (QED) is 0.134. The van der Waals surface area contributed by atoms with Crippen LogP contribution in [-0.4, -0.2) is 0 Å². The Labute approximate surface area is 409 Å². The van der Waals surface area contributed by atoms with E-state index in [2.05, 4.69) is 274 Å². The minimum absolute atomic E-state index is 0.121. The zero-order chi connectivity index (χ0) is 46.8. The fourth-order valence-electron chi connectivity index (χ4n) is 11.8. The second-order valence-electron chi connectivity index (χ2n) is 19.2. The summed E-state index contributed by atoms with van der Waals surface area (Å²) in [6.07, 6.45) is 0. The highest BCUT2D eigenvalue weighted by Crippen LogP contribution is 2.53. The van der Waals surface area contributed by atoms with Crippen LogP contribution in [0, 0.1) is 0 Å². The fraction of sp³-hybridized carbons (Fsp3) is 0.0588. The molecule has 2 heteroatoms. The second-order valence-corrected chi connectivity index (χ2v) is 19.2. The van der Waals surface area contributed by atoms with Crippen molar-refractivity contribution in [1.29, 1.82) is 0 Å². The summed E-state index contributed by atoms with van der Waals surface area (Å²) in [5.41, 5.74) is 18.9. The summed E-state index contributed by atoms with van der Waals surface area (Å²) in [4.78, 5) is 2.49. The summed E-state index contributed by atoms with van der Waals surface area (Å²) < 4.78 is 6.62. The van der Waals surface area contributed by atoms with Crippen molar-refractivity contribution in [2.45, 2.75) is 24.7 Å². The summed E-state index contributed by atoms with van der Waals surface area (Å²) in [5, 5.41) is 4.62. The van der Waals surface area contributed by atoms with E-state index in [9.17, 15) is 0 Å². The van der Waals surface area contributed by atoms with Crippen molar-refractivity contribution in [3.63, 3.8) is 0 Å². The van der Waals surface area contributed by atoms with Gasteiger partial charge in [-0.2, -0.15) is 0 Å². The van der Waals surface area contributed by atoms with Gasteiger partial charge in [0.25, 0.3) is 0 Å². The first-order chi connectivity index (χ1) is 34.5. The molecule has 12 aromatic rings. The maximum Gasteiger partial charge on any atom is 0.143 e. The largest absolute Gasteiger partial charge is 0.455 e. The molecule has 2 nitrogen and oxygen atoms in total. The van der Waals surface area contributed by atoms with Gasteiger partial charge in [0.1, 0.15) is 11.2 Å². The average Bonchev–Trinajstić information content (AvgIpc) is 3.92. The molecule has 0 atom stereocenters. The molecule has 1 aliphatic carbocycles. The van der Waals surface area contributed by atoms with Gasteiger partial charge in [0.05, 0.1) is 11.1 Å². The van der Waals surface area contributed by atoms with E-state index >= 15 is 0 Å². The van der Waals surface area contributed by atoms with Gasteiger partial charge in [-0.15, -0.1) is 0 Å². The maximum atomic E-state index is 6.62. The monoisotopic (exact) mass is 895 g/mol. The van der Waals surface area contributed by atoms with Crippen LogP contribution in [0.4, 0.5) is 17.1 Å². The van der Waals surface area contributed by atoms with Gasteiger partial charge in [0.2, 0.25) is 0 Å². The molecule has 0 bridgehead atoms. The second kappa shape index (κ2) is 16.5. The zero-order valence-corrected chi connectivity index (χ0v) is 39.2. The third-order valence-corrected chi connectivity index (χ3v) is 15.0. The smallest absolute Gasteiger partial charge is 0.143 e. The first-order valence-electron chi connectivity index (χ1n) is 24.3. The van der Waals surface area contributed by atoms with Crippen LogP contribution >= 0.6 is 0 Å². The van der Waals surface area contributed by atoms with Crippen molar-refractivity contribution in [2.75, 3.05) is 4.90 Å². The number of hydrogen-bond acceptors (Lipinski definition) is 2. The SMILES string of the molecule is CC1(C)c2ccccc2-c2cc(N(c3ccc(C(c4ccccc4)(c4ccccc4)c4ccccc4)cc3)c3ccc4ccccc4c3-c3cccc(-c4cccc5c4oc4ccccc45)c3)ccc21. The van der Waals surface area contributed by atoms with E-state index in [0.29, 0.717) is 0 Å². The van der Waals surface area contributed by atoms with Crippen molar-refractivity contribution < 1.29 is 4.42 Å². The van der Waals surface area contributed by atoms with Gasteiger partial charge < -0.3 is 9.32 Å². The van der Waals surface area contributed by atoms with Gasteiger partial charge in [-0.3, -0.25) is 0 Å². The molecule has 1 heterocycles. The Bertz CT molecular complexity index is 3810. The number of para-hydroxylation sites is 2. The van der Waals surface area contributed by atoms with Crippen LogP contribution in [0.15, 0.2) is 265 Å². The normalized spacial score (nSPS) is 12.8. The molecule has 0 saturated heterocycles. The van der Waals surface area contributed by atoms with Crippen LogP contribution in [0.2, 0.25) is 0 Å². The first kappa shape index (κ1) is 41.5. The molecule has 1 aromatic heterocycles. The molecule has 1 aliphatic rings. The van der Waals surface area contributed by atoms with Gasteiger partial charge in [0.15, 0.2) is 0 Å². The molecule has 13 rings (SSSR count). The number of hydrogen-bond donors (Lipinski definition) is 0. The van der Waals surface area contributed by atoms with Crippen LogP contribution in [-0.2, 0) is 10.8 Å². The molecule has 0 N–H and O–H groups in total. The van der Waals surface area contributed by atoms with Crippen LogP contribution in [0.3, 0.4) is 0 Å². The van der Waals surface area contributed by atoms with Gasteiger partial charge in [0, 0.05) is 38.7 Å². The van der Waals surface area contributed by atoms with E-state index in [1.165, 1.54) is 55.3 Å². The summed E-state index contributed by atoms with van der Waals surface area (Å²) in [7, 11) is 0. The number of rotatable bonds is 9. The Morgan fingerprint density at radius 3 is 1.64 bits per heavy atom. The molecule has 0 saturated carbocycles. The van der Waals surface area contributed by atoms with Crippen molar-refractivity contribution in [3.8, 4) is 33.4 Å². The maximum absolute atomic E-state index is 6.62. The third kappa shape index (κ3) is 6.48. The van der Waals surface area contributed by atoms with Gasteiger partial charge >= 0.3 is 0 Å². The molecule has 0 amide bonds. The summed E-state index contributed by atoms with van der Waals surface area (Å²) in [6.45, 7) is 4.71. The molecule has 0 unspecified atom stereocenters. The Hall–Kier alpha value is -8.72. The van der Waals surface area contributed by atoms with Crippen molar-refractivity contribution in [1.82, 2.24) is 0 Å². The molecule has 0 radical (unpaired) electrons. The van der Waals surface area contributed by atoms with Crippen LogP contribution < -0.4 is 4.90 Å². The lowest BCUT2D eigenvalue weighted by Gasteiger charge is -2.37. The van der Waals surface area contributed by atoms with Gasteiger partial charge in [-0.25, -0.2) is 0 Å². The highest BCUT2D eigenvalue weighted by Gasteiger charge is 2.39. The zero-order valence-electron chi connectivity index (χ0n) is 39.2. The van der Waals surface area contributed by atoms with Crippen LogP contribution in [0.5, 0.6) is 0 Å². The van der Waals surface area contributed by atoms with Gasteiger partial charge in [-0.1, -0.05) is 232 Å². The number of anilines is 3. The molecular weight excluding hydrogens is 847 g/mol. The third-order valence-electron chi connectivity index (χ3n) is 15.0. The Kier molecular flexibility index (Phi) is 9.78. The Morgan fingerprint density at radius 1 is 0.371 bits per heavy atom. The van der Waals surface area contributed by atoms with E-state index < -0.39 is 5.41 Å². The molecule has 0 spiro atoms. The lowest BCUT2D eigenvalue weighted by Crippen LogP contribution is -2.31. The predicted molar refractivity (Wildman–Crippen MR) is 293 cm³/mol. The molecule has 70 heavy (non-hydrogen) atoms. The highest BCUT2D eigenvalue weighted by atomic mass is 16.3. The first-order valence-corrected chi connectivity index (χ1v) is 24.3. The molecule has 11 aromatic carbocycles. The van der Waals surface area contributed by atoms with E-state index in [0.717, 1.165) is 61.3 Å². The number of fused-ring (bicyclic) bond motifs is 7. The fourth-order valence-corrected chi connectivity index (χ4v) is 11.8. The molecule has 0 fully saturated rings. The Balaban J connectivity index is 1.05. The molecule has 0 aliphatic heterocycles. The predicted octanol–water partition coefficient (Wildman–Crippen LogP) is 18.2. The van der Waals surface area contributed by atoms with Crippen molar-refractivity contribution in [3.05, 3.63) is 294 Å². The number of furan rings is 1. The average molecular weight is 896 g/mol. The minimum Gasteiger partial charge on any atom is -0.455 e. The standard InChI is InChI=1S/C68H49NO/c1-67(2)61-34-16-14-30-57(61)60-45-54(41-42-62(60)67)69(53-39-37-52(38-40-53)68(49-23-6-3-7-24-49,50-25-8-4-9-26-50)51-27-10-5-11-28-51)63-43-36-46-20-12-13-29-55(46)65(63)48-22-18-21-47(44-48)56-32-19-33-59-58-31-15-17-35-64(58)70-66(56)59/h3-45H,1-2H3. The van der Waals surface area contributed by atoms with Crippen LogP contribution in [0.25, 0.3) is 66.1 Å². The van der Waals surface area contributed by atoms with Crippen molar-refractivity contribution >= 4 is 49.8 Å². The topological polar surface area (TPSA) is 16.4 Å². The lowest BCUT2D eigenvalue weighted by atomic mass is 9.65. The highest BCUT2D eigenvalue weighted by molar-refractivity contribution is 6.10. The number of nitrogens with zero attached hydrogens (tertiary/aromatic N) is 1. The molecular formula is C68H49NO. The summed E-state index contributed by atoms with van der Waals surface area (Å²) >= 11 is 0. The minimum atomic E-state index is -0.576. The van der Waals surface area contributed by atoms with E-state index in [-0.39, 0.29) is 5.41 Å². The van der Waals surface area contributed by atoms with Gasteiger partial charge in [-0.05, 0) is 109 Å². The summed E-state index contributed by atoms with van der Waals surface area (Å²) in [5.74, 6) is 0. The van der Waals surface area contributed by atoms with E-state index in [4.69, 9.17) is 4.42 Å². The number of benzene rings is 11. The molecule has 332 valence electrons. The van der Waals surface area contributed by atoms with E-state index in [1.807, 2.05) is 6.07 Å². The van der Waals surface area contributed by atoms with Crippen LogP contribution in [0.1, 0.15) is 47.2 Å². The van der Waals surface area contributed by atoms with E-state index in [1.54, 1.807) is 0 Å². The summed E-state index contributed by atoms with van der Waals surface area (Å²) in [6, 6.07) is 95.6.